The van der Waals surface area contributed by atoms with E-state index in [1.807, 2.05) is 16.7 Å². The monoisotopic (exact) mass is 230 g/mol. The van der Waals surface area contributed by atoms with Crippen molar-refractivity contribution in [2.75, 3.05) is 25.1 Å². The number of thioether (sulfide) groups is 1. The molecule has 0 saturated carbocycles. The van der Waals surface area contributed by atoms with Crippen molar-refractivity contribution in [2.45, 2.75) is 38.8 Å². The number of nitrogens with one attached hydrogen (secondary N) is 1. The first-order valence-corrected chi connectivity index (χ1v) is 7.17. The van der Waals surface area contributed by atoms with Crippen molar-refractivity contribution >= 4 is 17.7 Å². The van der Waals surface area contributed by atoms with E-state index in [0.29, 0.717) is 6.54 Å². The summed E-state index contributed by atoms with van der Waals surface area (Å²) >= 11 is 1.91. The molecule has 1 unspecified atom stereocenters. The Labute approximate surface area is 97.0 Å². The van der Waals surface area contributed by atoms with Gasteiger partial charge in [0.1, 0.15) is 0 Å². The van der Waals surface area contributed by atoms with Gasteiger partial charge in [0, 0.05) is 6.54 Å². The maximum Gasteiger partial charge on any atom is 0.237 e. The van der Waals surface area contributed by atoms with E-state index in [2.05, 4.69) is 18.5 Å². The van der Waals surface area contributed by atoms with Crippen LogP contribution in [0.25, 0.3) is 0 Å². The summed E-state index contributed by atoms with van der Waals surface area (Å²) in [6.45, 7) is 3.50. The molecule has 1 aliphatic rings. The number of carbonyl (C=O) groups excluding carboxylic acids is 1. The molecule has 88 valence electrons. The van der Waals surface area contributed by atoms with Crippen LogP contribution < -0.4 is 5.32 Å². The molecule has 1 atom stereocenters. The summed E-state index contributed by atoms with van der Waals surface area (Å²) in [4.78, 5) is 13.4. The highest BCUT2D eigenvalue weighted by Crippen LogP contribution is 2.09. The summed E-state index contributed by atoms with van der Waals surface area (Å²) in [6, 6.07) is 0. The quantitative estimate of drug-likeness (QED) is 0.676. The molecule has 4 heteroatoms. The minimum atomic E-state index is 0.240. The van der Waals surface area contributed by atoms with Gasteiger partial charge in [-0.2, -0.15) is 11.8 Å². The third kappa shape index (κ3) is 4.43. The van der Waals surface area contributed by atoms with Crippen LogP contribution in [0.5, 0.6) is 0 Å². The molecule has 1 saturated heterocycles. The molecule has 0 spiro atoms. The second-order valence-electron chi connectivity index (χ2n) is 4.05. The summed E-state index contributed by atoms with van der Waals surface area (Å²) in [5, 5.41) is 3.15. The molecule has 1 rings (SSSR count). The van der Waals surface area contributed by atoms with Gasteiger partial charge in [-0.15, -0.1) is 0 Å². The van der Waals surface area contributed by atoms with Crippen LogP contribution in [0.15, 0.2) is 0 Å². The number of nitrogens with zero attached hydrogens (tertiary/aromatic N) is 1. The van der Waals surface area contributed by atoms with E-state index >= 15 is 0 Å². The van der Waals surface area contributed by atoms with Crippen LogP contribution in [-0.2, 0) is 4.79 Å². The van der Waals surface area contributed by atoms with Gasteiger partial charge in [0.2, 0.25) is 5.91 Å². The number of hydrogen-bond donors (Lipinski definition) is 1. The standard InChI is InChI=1S/C11H22N2OS/c1-10-12-9-11(14)13(10)7-5-3-4-6-8-15-2/h10,12H,3-9H2,1-2H3. The molecule has 0 aromatic heterocycles. The highest BCUT2D eigenvalue weighted by molar-refractivity contribution is 7.98. The zero-order valence-electron chi connectivity index (χ0n) is 9.79. The lowest BCUT2D eigenvalue weighted by atomic mass is 10.2. The van der Waals surface area contributed by atoms with Crippen molar-refractivity contribution in [3.05, 3.63) is 0 Å². The maximum absolute atomic E-state index is 11.4. The van der Waals surface area contributed by atoms with Crippen molar-refractivity contribution in [1.29, 1.82) is 0 Å². The van der Waals surface area contributed by atoms with Crippen LogP contribution in [-0.4, -0.2) is 42.1 Å². The van der Waals surface area contributed by atoms with Crippen LogP contribution in [0.4, 0.5) is 0 Å². The normalized spacial score (nSPS) is 21.3. The molecule has 3 nitrogen and oxygen atoms in total. The van der Waals surface area contributed by atoms with Crippen LogP contribution in [0, 0.1) is 0 Å². The summed E-state index contributed by atoms with van der Waals surface area (Å²) < 4.78 is 0. The number of rotatable bonds is 7. The van der Waals surface area contributed by atoms with E-state index in [1.165, 1.54) is 25.0 Å². The minimum absolute atomic E-state index is 0.240. The van der Waals surface area contributed by atoms with Crippen molar-refractivity contribution in [1.82, 2.24) is 10.2 Å². The second-order valence-corrected chi connectivity index (χ2v) is 5.04. The van der Waals surface area contributed by atoms with Gasteiger partial charge in [0.05, 0.1) is 12.7 Å². The first-order chi connectivity index (χ1) is 7.25. The fourth-order valence-corrected chi connectivity index (χ4v) is 2.36. The number of carbonyl (C=O) groups is 1. The molecule has 1 fully saturated rings. The summed E-state index contributed by atoms with van der Waals surface area (Å²) in [6.07, 6.45) is 7.39. The first-order valence-electron chi connectivity index (χ1n) is 5.77. The van der Waals surface area contributed by atoms with E-state index in [4.69, 9.17) is 0 Å². The average molecular weight is 230 g/mol. The first kappa shape index (κ1) is 12.8. The topological polar surface area (TPSA) is 32.3 Å². The van der Waals surface area contributed by atoms with Crippen molar-refractivity contribution < 1.29 is 4.79 Å². The average Bonchev–Trinajstić information content (AvgIpc) is 2.54. The van der Waals surface area contributed by atoms with Crippen LogP contribution >= 0.6 is 11.8 Å². The van der Waals surface area contributed by atoms with Gasteiger partial charge in [-0.3, -0.25) is 10.1 Å². The summed E-state index contributed by atoms with van der Waals surface area (Å²) in [7, 11) is 0. The Morgan fingerprint density at radius 1 is 1.40 bits per heavy atom. The van der Waals surface area contributed by atoms with E-state index in [1.54, 1.807) is 0 Å². The summed E-state index contributed by atoms with van der Waals surface area (Å²) in [5.41, 5.74) is 0. The molecule has 0 aliphatic carbocycles. The largest absolute Gasteiger partial charge is 0.326 e. The predicted molar refractivity (Wildman–Crippen MR) is 66.0 cm³/mol. The van der Waals surface area contributed by atoms with E-state index in [-0.39, 0.29) is 12.1 Å². The smallest absolute Gasteiger partial charge is 0.237 e. The number of unbranched alkanes of at least 4 members (excludes halogenated alkanes) is 3. The third-order valence-corrected chi connectivity index (χ3v) is 3.53. The van der Waals surface area contributed by atoms with E-state index in [9.17, 15) is 4.79 Å². The van der Waals surface area contributed by atoms with Gasteiger partial charge in [0.25, 0.3) is 0 Å². The van der Waals surface area contributed by atoms with Gasteiger partial charge in [-0.25, -0.2) is 0 Å². The molecule has 0 aromatic carbocycles. The molecule has 0 bridgehead atoms. The molecule has 0 aromatic rings. The zero-order chi connectivity index (χ0) is 11.1. The molecule has 1 aliphatic heterocycles. The Morgan fingerprint density at radius 2 is 2.13 bits per heavy atom. The predicted octanol–water partition coefficient (Wildman–Crippen LogP) is 1.69. The Bertz CT molecular complexity index is 199. The number of hydrogen-bond acceptors (Lipinski definition) is 3. The lowest BCUT2D eigenvalue weighted by Gasteiger charge is -2.20. The SMILES string of the molecule is CSCCCCCCN1C(=O)CNC1C. The van der Waals surface area contributed by atoms with Crippen molar-refractivity contribution in [2.24, 2.45) is 0 Å². The lowest BCUT2D eigenvalue weighted by Crippen LogP contribution is -2.35. The van der Waals surface area contributed by atoms with E-state index in [0.717, 1.165) is 13.0 Å². The Kier molecular flexibility index (Phi) is 6.10. The van der Waals surface area contributed by atoms with Crippen LogP contribution in [0.1, 0.15) is 32.6 Å². The Hall–Kier alpha value is -0.220. The molecule has 1 heterocycles. The van der Waals surface area contributed by atoms with Gasteiger partial charge >= 0.3 is 0 Å². The second kappa shape index (κ2) is 7.12. The Morgan fingerprint density at radius 3 is 2.73 bits per heavy atom. The van der Waals surface area contributed by atoms with Gasteiger partial charge in [-0.05, 0) is 31.8 Å². The van der Waals surface area contributed by atoms with Crippen LogP contribution in [0.2, 0.25) is 0 Å². The fourth-order valence-electron chi connectivity index (χ4n) is 1.86. The van der Waals surface area contributed by atoms with Crippen molar-refractivity contribution in [3.63, 3.8) is 0 Å². The molecule has 0 radical (unpaired) electrons. The molecule has 15 heavy (non-hydrogen) atoms. The zero-order valence-corrected chi connectivity index (χ0v) is 10.6. The van der Waals surface area contributed by atoms with Gasteiger partial charge < -0.3 is 4.90 Å². The molecule has 1 amide bonds. The third-order valence-electron chi connectivity index (χ3n) is 2.83. The van der Waals surface area contributed by atoms with Gasteiger partial charge in [0.15, 0.2) is 0 Å². The highest BCUT2D eigenvalue weighted by Gasteiger charge is 2.25. The molecular formula is C11H22N2OS. The Balaban J connectivity index is 2.02. The molecular weight excluding hydrogens is 208 g/mol. The maximum atomic E-state index is 11.4. The lowest BCUT2D eigenvalue weighted by molar-refractivity contribution is -0.127. The highest BCUT2D eigenvalue weighted by atomic mass is 32.2. The minimum Gasteiger partial charge on any atom is -0.326 e. The summed E-state index contributed by atoms with van der Waals surface area (Å²) in [5.74, 6) is 1.52. The van der Waals surface area contributed by atoms with Gasteiger partial charge in [-0.1, -0.05) is 12.8 Å². The van der Waals surface area contributed by atoms with Crippen molar-refractivity contribution in [3.8, 4) is 0 Å². The fraction of sp³-hybridized carbons (Fsp3) is 0.909. The number of amides is 1. The van der Waals surface area contributed by atoms with E-state index < -0.39 is 0 Å². The van der Waals surface area contributed by atoms with Crippen LogP contribution in [0.3, 0.4) is 0 Å². The molecule has 1 N–H and O–H groups in total.